The van der Waals surface area contributed by atoms with Crippen molar-refractivity contribution in [2.45, 2.75) is 20.4 Å². The Bertz CT molecular complexity index is 826. The molecule has 0 fully saturated rings. The second-order valence-corrected chi connectivity index (χ2v) is 5.74. The average molecular weight is 323 g/mol. The molecule has 24 heavy (non-hydrogen) atoms. The molecule has 2 heterocycles. The Labute approximate surface area is 141 Å². The van der Waals surface area contributed by atoms with Crippen LogP contribution in [0.4, 0.5) is 17.5 Å². The van der Waals surface area contributed by atoms with Gasteiger partial charge in [-0.15, -0.1) is 0 Å². The van der Waals surface area contributed by atoms with E-state index in [9.17, 15) is 0 Å². The zero-order valence-corrected chi connectivity index (χ0v) is 14.1. The summed E-state index contributed by atoms with van der Waals surface area (Å²) in [5, 5.41) is 9.13. The fourth-order valence-corrected chi connectivity index (χ4v) is 2.48. The van der Waals surface area contributed by atoms with Gasteiger partial charge in [0.1, 0.15) is 0 Å². The molecule has 0 radical (unpaired) electrons. The molecule has 2 aromatic heterocycles. The summed E-state index contributed by atoms with van der Waals surface area (Å²) in [5.41, 5.74) is 3.80. The van der Waals surface area contributed by atoms with Crippen LogP contribution in [0.1, 0.15) is 16.8 Å². The van der Waals surface area contributed by atoms with Crippen LogP contribution in [0.15, 0.2) is 42.7 Å². The summed E-state index contributed by atoms with van der Waals surface area (Å²) in [6.07, 6.45) is 3.66. The summed E-state index contributed by atoms with van der Waals surface area (Å²) in [6.45, 7) is 4.45. The van der Waals surface area contributed by atoms with Gasteiger partial charge in [0.05, 0.1) is 17.9 Å². The number of aryl methyl sites for hydroxylation is 3. The summed E-state index contributed by atoms with van der Waals surface area (Å²) in [7, 11) is 1.88. The first-order chi connectivity index (χ1) is 11.5. The third-order valence-electron chi connectivity index (χ3n) is 3.67. The molecule has 1 aromatic carbocycles. The molecule has 124 valence electrons. The lowest BCUT2D eigenvalue weighted by Gasteiger charge is -2.20. The van der Waals surface area contributed by atoms with Crippen molar-refractivity contribution >= 4 is 17.5 Å². The third kappa shape index (κ3) is 3.52. The van der Waals surface area contributed by atoms with E-state index in [1.165, 1.54) is 0 Å². The molecule has 3 N–H and O–H groups in total. The molecule has 0 aliphatic rings. The van der Waals surface area contributed by atoms with Gasteiger partial charge in [-0.05, 0) is 19.4 Å². The number of hydrazine groups is 1. The van der Waals surface area contributed by atoms with Crippen molar-refractivity contribution in [3.05, 3.63) is 59.5 Å². The zero-order valence-electron chi connectivity index (χ0n) is 14.1. The molecule has 0 atom stereocenters. The van der Waals surface area contributed by atoms with E-state index in [1.54, 1.807) is 15.9 Å². The van der Waals surface area contributed by atoms with Crippen LogP contribution in [0.2, 0.25) is 0 Å². The molecular weight excluding hydrogens is 302 g/mol. The fourth-order valence-electron chi connectivity index (χ4n) is 2.48. The monoisotopic (exact) mass is 323 g/mol. The van der Waals surface area contributed by atoms with Crippen LogP contribution in [0.3, 0.4) is 0 Å². The molecule has 0 saturated heterocycles. The second kappa shape index (κ2) is 6.67. The zero-order chi connectivity index (χ0) is 17.1. The Kier molecular flexibility index (Phi) is 4.43. The van der Waals surface area contributed by atoms with E-state index in [4.69, 9.17) is 5.84 Å². The molecule has 0 unspecified atom stereocenters. The van der Waals surface area contributed by atoms with Crippen molar-refractivity contribution < 1.29 is 0 Å². The summed E-state index contributed by atoms with van der Waals surface area (Å²) in [5.74, 6) is 7.41. The van der Waals surface area contributed by atoms with E-state index in [0.717, 1.165) is 22.5 Å². The van der Waals surface area contributed by atoms with E-state index >= 15 is 0 Å². The smallest absolute Gasteiger partial charge is 0.229 e. The maximum atomic E-state index is 6.22. The standard InChI is InChI=1S/C17H21N7/c1-12-9-19-17(20-15-11-23(3)22-13(15)2)21-16(12)24(18)10-14-7-5-4-6-8-14/h4-9,11H,10,18H2,1-3H3,(H,19,20,21). The molecule has 0 amide bonds. The number of anilines is 3. The SMILES string of the molecule is Cc1cnc(Nc2cn(C)nc2C)nc1N(N)Cc1ccccc1. The first kappa shape index (κ1) is 15.9. The van der Waals surface area contributed by atoms with Gasteiger partial charge in [-0.1, -0.05) is 30.3 Å². The van der Waals surface area contributed by atoms with E-state index in [0.29, 0.717) is 18.3 Å². The maximum absolute atomic E-state index is 6.22. The lowest BCUT2D eigenvalue weighted by Crippen LogP contribution is -2.31. The number of rotatable bonds is 5. The van der Waals surface area contributed by atoms with Crippen LogP contribution in [-0.2, 0) is 13.6 Å². The van der Waals surface area contributed by atoms with Gasteiger partial charge in [0.15, 0.2) is 5.82 Å². The minimum atomic E-state index is 0.496. The van der Waals surface area contributed by atoms with Crippen LogP contribution in [0.25, 0.3) is 0 Å². The molecule has 0 aliphatic heterocycles. The number of hydrogen-bond donors (Lipinski definition) is 2. The molecule has 0 bridgehead atoms. The van der Waals surface area contributed by atoms with Gasteiger partial charge in [-0.3, -0.25) is 9.69 Å². The first-order valence-electron chi connectivity index (χ1n) is 7.70. The average Bonchev–Trinajstić information content (AvgIpc) is 2.87. The van der Waals surface area contributed by atoms with Gasteiger partial charge < -0.3 is 5.32 Å². The van der Waals surface area contributed by atoms with Gasteiger partial charge in [0, 0.05) is 25.0 Å². The summed E-state index contributed by atoms with van der Waals surface area (Å²) in [4.78, 5) is 8.89. The Morgan fingerprint density at radius 3 is 2.62 bits per heavy atom. The van der Waals surface area contributed by atoms with Crippen molar-refractivity contribution in [1.82, 2.24) is 19.7 Å². The Balaban J connectivity index is 1.82. The number of nitrogens with one attached hydrogen (secondary N) is 1. The summed E-state index contributed by atoms with van der Waals surface area (Å²) >= 11 is 0. The van der Waals surface area contributed by atoms with Gasteiger partial charge in [-0.25, -0.2) is 10.8 Å². The van der Waals surface area contributed by atoms with Gasteiger partial charge in [0.2, 0.25) is 5.95 Å². The predicted octanol–water partition coefficient (Wildman–Crippen LogP) is 2.45. The highest BCUT2D eigenvalue weighted by molar-refractivity contribution is 5.57. The Morgan fingerprint density at radius 1 is 1.21 bits per heavy atom. The van der Waals surface area contributed by atoms with Crippen molar-refractivity contribution in [1.29, 1.82) is 0 Å². The van der Waals surface area contributed by atoms with E-state index in [-0.39, 0.29) is 0 Å². The maximum Gasteiger partial charge on any atom is 0.229 e. The third-order valence-corrected chi connectivity index (χ3v) is 3.67. The lowest BCUT2D eigenvalue weighted by molar-refractivity contribution is 0.756. The summed E-state index contributed by atoms with van der Waals surface area (Å²) in [6, 6.07) is 10.0. The molecule has 7 nitrogen and oxygen atoms in total. The number of nitrogens with two attached hydrogens (primary N) is 1. The molecular formula is C17H21N7. The summed E-state index contributed by atoms with van der Waals surface area (Å²) < 4.78 is 1.75. The topological polar surface area (TPSA) is 84.9 Å². The van der Waals surface area contributed by atoms with E-state index in [1.807, 2.05) is 57.4 Å². The van der Waals surface area contributed by atoms with Crippen LogP contribution in [0, 0.1) is 13.8 Å². The lowest BCUT2D eigenvalue weighted by atomic mass is 10.2. The molecule has 7 heteroatoms. The van der Waals surface area contributed by atoms with E-state index < -0.39 is 0 Å². The number of nitrogens with zero attached hydrogens (tertiary/aromatic N) is 5. The van der Waals surface area contributed by atoms with Gasteiger partial charge in [0.25, 0.3) is 0 Å². The molecule has 0 aliphatic carbocycles. The van der Waals surface area contributed by atoms with Crippen molar-refractivity contribution in [2.75, 3.05) is 10.3 Å². The minimum Gasteiger partial charge on any atom is -0.321 e. The fraction of sp³-hybridized carbons (Fsp3) is 0.235. The highest BCUT2D eigenvalue weighted by Gasteiger charge is 2.12. The largest absolute Gasteiger partial charge is 0.321 e. The van der Waals surface area contributed by atoms with Crippen molar-refractivity contribution in [3.63, 3.8) is 0 Å². The van der Waals surface area contributed by atoms with Crippen LogP contribution in [0.5, 0.6) is 0 Å². The number of hydrogen-bond acceptors (Lipinski definition) is 6. The Morgan fingerprint density at radius 2 is 1.96 bits per heavy atom. The van der Waals surface area contributed by atoms with Gasteiger partial charge in [-0.2, -0.15) is 10.1 Å². The van der Waals surface area contributed by atoms with Crippen molar-refractivity contribution in [2.24, 2.45) is 12.9 Å². The molecule has 3 rings (SSSR count). The molecule has 0 saturated carbocycles. The van der Waals surface area contributed by atoms with Crippen LogP contribution < -0.4 is 16.2 Å². The number of aromatic nitrogens is 4. The molecule has 0 spiro atoms. The predicted molar refractivity (Wildman–Crippen MR) is 94.8 cm³/mol. The van der Waals surface area contributed by atoms with E-state index in [2.05, 4.69) is 20.4 Å². The quantitative estimate of drug-likeness (QED) is 0.554. The van der Waals surface area contributed by atoms with Crippen molar-refractivity contribution in [3.8, 4) is 0 Å². The first-order valence-corrected chi connectivity index (χ1v) is 7.70. The highest BCUT2D eigenvalue weighted by Crippen LogP contribution is 2.21. The normalized spacial score (nSPS) is 10.7. The minimum absolute atomic E-state index is 0.496. The highest BCUT2D eigenvalue weighted by atomic mass is 15.4. The Hall–Kier alpha value is -2.93. The number of benzene rings is 1. The van der Waals surface area contributed by atoms with Crippen LogP contribution >= 0.6 is 0 Å². The van der Waals surface area contributed by atoms with Crippen LogP contribution in [-0.4, -0.2) is 19.7 Å². The second-order valence-electron chi connectivity index (χ2n) is 5.74. The van der Waals surface area contributed by atoms with Gasteiger partial charge >= 0.3 is 0 Å². The molecule has 3 aromatic rings.